The van der Waals surface area contributed by atoms with Gasteiger partial charge in [-0.15, -0.1) is 0 Å². The van der Waals surface area contributed by atoms with E-state index in [0.29, 0.717) is 19.7 Å². The highest BCUT2D eigenvalue weighted by molar-refractivity contribution is 5.77. The minimum atomic E-state index is 0.0402. The monoisotopic (exact) mass is 411 g/mol. The highest BCUT2D eigenvalue weighted by atomic mass is 16.5. The van der Waals surface area contributed by atoms with Gasteiger partial charge in [0.1, 0.15) is 24.1 Å². The van der Waals surface area contributed by atoms with Crippen molar-refractivity contribution in [2.75, 3.05) is 68.9 Å². The number of carbonyl (C=O) groups excluding carboxylic acids is 1. The molecule has 8 heteroatoms. The van der Waals surface area contributed by atoms with Crippen LogP contribution in [0.25, 0.3) is 0 Å². The molecule has 0 radical (unpaired) electrons. The van der Waals surface area contributed by atoms with Crippen molar-refractivity contribution >= 4 is 17.5 Å². The number of carbonyl (C=O) groups is 1. The van der Waals surface area contributed by atoms with Gasteiger partial charge in [-0.25, -0.2) is 9.97 Å². The summed E-state index contributed by atoms with van der Waals surface area (Å²) in [6.07, 6.45) is 0. The Bertz CT molecular complexity index is 834. The summed E-state index contributed by atoms with van der Waals surface area (Å²) in [6.45, 7) is 8.50. The van der Waals surface area contributed by atoms with Gasteiger partial charge in [0.25, 0.3) is 0 Å². The second kappa shape index (κ2) is 9.86. The van der Waals surface area contributed by atoms with Gasteiger partial charge in [0.05, 0.1) is 19.8 Å². The molecule has 0 aliphatic carbocycles. The van der Waals surface area contributed by atoms with Crippen molar-refractivity contribution < 1.29 is 14.3 Å². The Balaban J connectivity index is 1.28. The number of anilines is 2. The maximum absolute atomic E-state index is 12.5. The van der Waals surface area contributed by atoms with E-state index in [1.165, 1.54) is 0 Å². The number of aryl methyl sites for hydroxylation is 1. The standard InChI is InChI=1S/C22H29N5O3/c1-18-23-20(15-21(24-18)26-11-13-29-14-12-26)25-7-9-27(10-8-25)22(28)17-30-16-19-5-3-2-4-6-19/h2-6,15H,7-14,16-17H2,1H3. The van der Waals surface area contributed by atoms with Gasteiger partial charge < -0.3 is 24.2 Å². The zero-order valence-corrected chi connectivity index (χ0v) is 17.5. The summed E-state index contributed by atoms with van der Waals surface area (Å²) >= 11 is 0. The molecule has 2 aliphatic rings. The number of benzene rings is 1. The molecule has 4 rings (SSSR count). The van der Waals surface area contributed by atoms with Gasteiger partial charge in [-0.05, 0) is 12.5 Å². The zero-order chi connectivity index (χ0) is 20.8. The van der Waals surface area contributed by atoms with Crippen LogP contribution in [-0.4, -0.2) is 79.9 Å². The molecule has 0 unspecified atom stereocenters. The number of hydrogen-bond acceptors (Lipinski definition) is 7. The first kappa shape index (κ1) is 20.6. The molecule has 0 N–H and O–H groups in total. The number of piperazine rings is 1. The lowest BCUT2D eigenvalue weighted by molar-refractivity contribution is -0.136. The fourth-order valence-corrected chi connectivity index (χ4v) is 3.76. The van der Waals surface area contributed by atoms with Gasteiger partial charge in [0.2, 0.25) is 5.91 Å². The molecule has 1 aromatic carbocycles. The number of amides is 1. The predicted molar refractivity (Wildman–Crippen MR) is 115 cm³/mol. The Morgan fingerprint density at radius 3 is 2.27 bits per heavy atom. The molecule has 3 heterocycles. The van der Waals surface area contributed by atoms with E-state index in [-0.39, 0.29) is 12.5 Å². The quantitative estimate of drug-likeness (QED) is 0.713. The number of hydrogen-bond donors (Lipinski definition) is 0. The van der Waals surface area contributed by atoms with E-state index in [1.54, 1.807) is 0 Å². The third-order valence-corrected chi connectivity index (χ3v) is 5.44. The molecule has 0 spiro atoms. The van der Waals surface area contributed by atoms with Crippen LogP contribution in [0, 0.1) is 6.92 Å². The lowest BCUT2D eigenvalue weighted by Gasteiger charge is -2.36. The average molecular weight is 412 g/mol. The van der Waals surface area contributed by atoms with Gasteiger partial charge in [0.15, 0.2) is 0 Å². The molecular formula is C22H29N5O3. The van der Waals surface area contributed by atoms with Crippen LogP contribution < -0.4 is 9.80 Å². The first-order valence-corrected chi connectivity index (χ1v) is 10.5. The number of morpholine rings is 1. The van der Waals surface area contributed by atoms with Crippen LogP contribution in [0.4, 0.5) is 11.6 Å². The van der Waals surface area contributed by atoms with Crippen LogP contribution in [0.15, 0.2) is 36.4 Å². The van der Waals surface area contributed by atoms with E-state index < -0.39 is 0 Å². The van der Waals surface area contributed by atoms with Crippen molar-refractivity contribution in [2.24, 2.45) is 0 Å². The second-order valence-corrected chi connectivity index (χ2v) is 7.58. The Labute approximate surface area is 177 Å². The Hall–Kier alpha value is -2.71. The molecule has 0 atom stereocenters. The normalized spacial score (nSPS) is 17.3. The minimum absolute atomic E-state index is 0.0402. The summed E-state index contributed by atoms with van der Waals surface area (Å²) in [4.78, 5) is 28.1. The summed E-state index contributed by atoms with van der Waals surface area (Å²) in [6, 6.07) is 12.0. The van der Waals surface area contributed by atoms with E-state index in [4.69, 9.17) is 9.47 Å². The molecule has 0 bridgehead atoms. The fraction of sp³-hybridized carbons (Fsp3) is 0.500. The fourth-order valence-electron chi connectivity index (χ4n) is 3.76. The van der Waals surface area contributed by atoms with E-state index in [9.17, 15) is 4.79 Å². The van der Waals surface area contributed by atoms with Crippen LogP contribution >= 0.6 is 0 Å². The van der Waals surface area contributed by atoms with E-state index in [0.717, 1.165) is 62.4 Å². The van der Waals surface area contributed by atoms with Gasteiger partial charge in [-0.2, -0.15) is 0 Å². The maximum Gasteiger partial charge on any atom is 0.248 e. The molecular weight excluding hydrogens is 382 g/mol. The van der Waals surface area contributed by atoms with E-state index in [2.05, 4.69) is 25.8 Å². The third kappa shape index (κ3) is 5.25. The Morgan fingerprint density at radius 1 is 0.967 bits per heavy atom. The molecule has 2 aromatic rings. The lowest BCUT2D eigenvalue weighted by atomic mass is 10.2. The summed E-state index contributed by atoms with van der Waals surface area (Å²) in [5, 5.41) is 0. The van der Waals surface area contributed by atoms with E-state index >= 15 is 0 Å². The minimum Gasteiger partial charge on any atom is -0.378 e. The van der Waals surface area contributed by atoms with Crippen molar-refractivity contribution in [3.63, 3.8) is 0 Å². The number of rotatable bonds is 6. The predicted octanol–water partition coefficient (Wildman–Crippen LogP) is 1.49. The molecule has 2 aliphatic heterocycles. The Morgan fingerprint density at radius 2 is 1.60 bits per heavy atom. The summed E-state index contributed by atoms with van der Waals surface area (Å²) in [5.41, 5.74) is 1.07. The van der Waals surface area contributed by atoms with Crippen molar-refractivity contribution in [1.29, 1.82) is 0 Å². The lowest BCUT2D eigenvalue weighted by Crippen LogP contribution is -2.50. The van der Waals surface area contributed by atoms with Crippen LogP contribution in [0.2, 0.25) is 0 Å². The topological polar surface area (TPSA) is 71.0 Å². The second-order valence-electron chi connectivity index (χ2n) is 7.58. The molecule has 30 heavy (non-hydrogen) atoms. The summed E-state index contributed by atoms with van der Waals surface area (Å²) < 4.78 is 11.0. The summed E-state index contributed by atoms with van der Waals surface area (Å²) in [7, 11) is 0. The van der Waals surface area contributed by atoms with Crippen LogP contribution in [-0.2, 0) is 20.9 Å². The van der Waals surface area contributed by atoms with Crippen LogP contribution in [0.1, 0.15) is 11.4 Å². The number of nitrogens with zero attached hydrogens (tertiary/aromatic N) is 5. The molecule has 8 nitrogen and oxygen atoms in total. The SMILES string of the molecule is Cc1nc(N2CCOCC2)cc(N2CCN(C(=O)COCc3ccccc3)CC2)n1. The molecule has 160 valence electrons. The van der Waals surface area contributed by atoms with Crippen molar-refractivity contribution in [3.05, 3.63) is 47.8 Å². The van der Waals surface area contributed by atoms with Crippen molar-refractivity contribution in [1.82, 2.24) is 14.9 Å². The largest absolute Gasteiger partial charge is 0.378 e. The number of ether oxygens (including phenoxy) is 2. The first-order valence-electron chi connectivity index (χ1n) is 10.5. The summed E-state index contributed by atoms with van der Waals surface area (Å²) in [5.74, 6) is 2.69. The van der Waals surface area contributed by atoms with Crippen LogP contribution in [0.3, 0.4) is 0 Å². The van der Waals surface area contributed by atoms with Gasteiger partial charge in [0, 0.05) is 45.3 Å². The third-order valence-electron chi connectivity index (χ3n) is 5.44. The molecule has 1 amide bonds. The smallest absolute Gasteiger partial charge is 0.248 e. The van der Waals surface area contributed by atoms with Gasteiger partial charge in [-0.3, -0.25) is 4.79 Å². The van der Waals surface area contributed by atoms with E-state index in [1.807, 2.05) is 42.2 Å². The van der Waals surface area contributed by atoms with Crippen molar-refractivity contribution in [2.45, 2.75) is 13.5 Å². The van der Waals surface area contributed by atoms with Gasteiger partial charge in [-0.1, -0.05) is 30.3 Å². The van der Waals surface area contributed by atoms with Gasteiger partial charge >= 0.3 is 0 Å². The van der Waals surface area contributed by atoms with Crippen molar-refractivity contribution in [3.8, 4) is 0 Å². The highest BCUT2D eigenvalue weighted by Crippen LogP contribution is 2.21. The molecule has 0 saturated carbocycles. The first-order chi connectivity index (χ1) is 14.7. The maximum atomic E-state index is 12.5. The average Bonchev–Trinajstić information content (AvgIpc) is 2.80. The molecule has 1 aromatic heterocycles. The highest BCUT2D eigenvalue weighted by Gasteiger charge is 2.23. The molecule has 2 fully saturated rings. The zero-order valence-electron chi connectivity index (χ0n) is 17.5. The Kier molecular flexibility index (Phi) is 6.76. The molecule has 2 saturated heterocycles. The van der Waals surface area contributed by atoms with Crippen LogP contribution in [0.5, 0.6) is 0 Å². The number of aromatic nitrogens is 2.